The van der Waals surface area contributed by atoms with Crippen LogP contribution in [-0.2, 0) is 7.05 Å². The monoisotopic (exact) mass is 267 g/mol. The maximum Gasteiger partial charge on any atom is 0.204 e. The van der Waals surface area contributed by atoms with Crippen molar-refractivity contribution in [3.8, 4) is 6.07 Å². The Labute approximate surface area is 118 Å². The van der Waals surface area contributed by atoms with Crippen LogP contribution in [0.2, 0.25) is 0 Å². The molecule has 0 amide bonds. The Morgan fingerprint density at radius 3 is 2.30 bits per heavy atom. The molecule has 4 heteroatoms. The molecule has 0 fully saturated rings. The van der Waals surface area contributed by atoms with Crippen LogP contribution in [-0.4, -0.2) is 15.3 Å². The van der Waals surface area contributed by atoms with Crippen molar-refractivity contribution in [3.05, 3.63) is 53.6 Å². The predicted molar refractivity (Wildman–Crippen MR) is 76.4 cm³/mol. The van der Waals surface area contributed by atoms with Gasteiger partial charge in [0.15, 0.2) is 0 Å². The topological polar surface area (TPSA) is 58.7 Å². The zero-order valence-electron chi connectivity index (χ0n) is 11.9. The van der Waals surface area contributed by atoms with E-state index in [-0.39, 0.29) is 5.78 Å². The summed E-state index contributed by atoms with van der Waals surface area (Å²) in [6.45, 7) is 4.21. The van der Waals surface area contributed by atoms with Gasteiger partial charge in [-0.25, -0.2) is 4.98 Å². The molecule has 1 aromatic carbocycles. The number of benzene rings is 1. The summed E-state index contributed by atoms with van der Waals surface area (Å²) < 4.78 is 1.70. The molecular weight excluding hydrogens is 250 g/mol. The highest BCUT2D eigenvalue weighted by molar-refractivity contribution is 6.01. The smallest absolute Gasteiger partial charge is 0.204 e. The van der Waals surface area contributed by atoms with Crippen molar-refractivity contribution in [3.63, 3.8) is 0 Å². The van der Waals surface area contributed by atoms with Crippen LogP contribution in [0.4, 0.5) is 0 Å². The molecule has 4 nitrogen and oxygen atoms in total. The van der Waals surface area contributed by atoms with E-state index in [0.717, 1.165) is 0 Å². The van der Waals surface area contributed by atoms with Gasteiger partial charge in [-0.05, 0) is 17.0 Å². The second kappa shape index (κ2) is 5.70. The molecule has 0 spiro atoms. The van der Waals surface area contributed by atoms with Crippen LogP contribution in [0.5, 0.6) is 0 Å². The number of imidazole rings is 1. The third-order valence-corrected chi connectivity index (χ3v) is 3.29. The molecule has 20 heavy (non-hydrogen) atoms. The minimum Gasteiger partial charge on any atom is -0.340 e. The summed E-state index contributed by atoms with van der Waals surface area (Å²) in [4.78, 5) is 16.3. The molecule has 0 bridgehead atoms. The van der Waals surface area contributed by atoms with E-state index in [1.807, 2.05) is 24.3 Å². The predicted octanol–water partition coefficient (Wildman–Crippen LogP) is 3.03. The van der Waals surface area contributed by atoms with Gasteiger partial charge in [0.25, 0.3) is 0 Å². The second-order valence-electron chi connectivity index (χ2n) is 5.17. The minimum atomic E-state index is -0.800. The van der Waals surface area contributed by atoms with Gasteiger partial charge in [0.1, 0.15) is 11.6 Å². The first-order valence-corrected chi connectivity index (χ1v) is 6.54. The Hall–Kier alpha value is -2.41. The number of rotatable bonds is 4. The molecule has 1 aromatic heterocycles. The van der Waals surface area contributed by atoms with Gasteiger partial charge in [-0.15, -0.1) is 0 Å². The summed E-state index contributed by atoms with van der Waals surface area (Å²) in [5.41, 5.74) is 2.23. The summed E-state index contributed by atoms with van der Waals surface area (Å²) >= 11 is 0. The first-order chi connectivity index (χ1) is 9.52. The number of Topliss-reactive ketones (excluding diaryl/α,β-unsaturated/α-hetero) is 1. The van der Waals surface area contributed by atoms with Gasteiger partial charge in [0.2, 0.25) is 5.78 Å². The highest BCUT2D eigenvalue weighted by atomic mass is 16.1. The van der Waals surface area contributed by atoms with Crippen molar-refractivity contribution in [1.82, 2.24) is 9.55 Å². The van der Waals surface area contributed by atoms with Gasteiger partial charge in [-0.2, -0.15) is 5.26 Å². The zero-order valence-corrected chi connectivity index (χ0v) is 11.9. The Morgan fingerprint density at radius 2 is 1.85 bits per heavy atom. The normalized spacial score (nSPS) is 12.2. The van der Waals surface area contributed by atoms with Crippen LogP contribution in [0.1, 0.15) is 47.3 Å². The fourth-order valence-electron chi connectivity index (χ4n) is 2.05. The lowest BCUT2D eigenvalue weighted by atomic mass is 9.92. The second-order valence-corrected chi connectivity index (χ2v) is 5.17. The van der Waals surface area contributed by atoms with Crippen LogP contribution >= 0.6 is 0 Å². The molecule has 1 heterocycles. The number of aryl methyl sites for hydroxylation is 1. The molecule has 0 aliphatic carbocycles. The highest BCUT2D eigenvalue weighted by Crippen LogP contribution is 2.22. The first-order valence-electron chi connectivity index (χ1n) is 6.54. The third kappa shape index (κ3) is 2.77. The summed E-state index contributed by atoms with van der Waals surface area (Å²) in [7, 11) is 1.79. The number of ketones is 1. The SMILES string of the molecule is CC(C)c1ccc(C(C#N)C(=O)c2cn(C)cn2)cc1. The first kappa shape index (κ1) is 14.0. The lowest BCUT2D eigenvalue weighted by Crippen LogP contribution is -2.11. The van der Waals surface area contributed by atoms with Crippen molar-refractivity contribution in [2.24, 2.45) is 7.05 Å². The van der Waals surface area contributed by atoms with Gasteiger partial charge in [-0.1, -0.05) is 38.1 Å². The molecule has 102 valence electrons. The van der Waals surface area contributed by atoms with Gasteiger partial charge in [0, 0.05) is 13.2 Å². The maximum atomic E-state index is 12.3. The van der Waals surface area contributed by atoms with Gasteiger partial charge in [-0.3, -0.25) is 4.79 Å². The van der Waals surface area contributed by atoms with Crippen molar-refractivity contribution in [2.75, 3.05) is 0 Å². The number of carbonyl (C=O) groups is 1. The van der Waals surface area contributed by atoms with E-state index < -0.39 is 5.92 Å². The maximum absolute atomic E-state index is 12.3. The number of aromatic nitrogens is 2. The molecule has 1 atom stereocenters. The fourth-order valence-corrected chi connectivity index (χ4v) is 2.05. The van der Waals surface area contributed by atoms with Gasteiger partial charge >= 0.3 is 0 Å². The van der Waals surface area contributed by atoms with E-state index >= 15 is 0 Å². The summed E-state index contributed by atoms with van der Waals surface area (Å²) in [6.07, 6.45) is 3.19. The molecule has 0 saturated carbocycles. The Morgan fingerprint density at radius 1 is 1.25 bits per heavy atom. The molecule has 2 rings (SSSR count). The van der Waals surface area contributed by atoms with Crippen LogP contribution in [0, 0.1) is 11.3 Å². The fraction of sp³-hybridized carbons (Fsp3) is 0.312. The van der Waals surface area contributed by atoms with Crippen LogP contribution in [0.3, 0.4) is 0 Å². The number of hydrogen-bond acceptors (Lipinski definition) is 3. The van der Waals surface area contributed by atoms with Gasteiger partial charge < -0.3 is 4.57 Å². The summed E-state index contributed by atoms with van der Waals surface area (Å²) in [6, 6.07) is 9.71. The Kier molecular flexibility index (Phi) is 3.99. The van der Waals surface area contributed by atoms with E-state index in [4.69, 9.17) is 0 Å². The molecule has 0 saturated heterocycles. The Balaban J connectivity index is 2.28. The minimum absolute atomic E-state index is 0.259. The van der Waals surface area contributed by atoms with Crippen molar-refractivity contribution < 1.29 is 4.79 Å². The van der Waals surface area contributed by atoms with Crippen LogP contribution in [0.25, 0.3) is 0 Å². The van der Waals surface area contributed by atoms with E-state index in [1.165, 1.54) is 5.56 Å². The summed E-state index contributed by atoms with van der Waals surface area (Å²) in [5, 5.41) is 9.29. The molecule has 0 N–H and O–H groups in total. The lowest BCUT2D eigenvalue weighted by molar-refractivity contribution is 0.0974. The number of hydrogen-bond donors (Lipinski definition) is 0. The molecule has 0 radical (unpaired) electrons. The van der Waals surface area contributed by atoms with E-state index in [1.54, 1.807) is 24.1 Å². The molecular formula is C16H17N3O. The van der Waals surface area contributed by atoms with Gasteiger partial charge in [0.05, 0.1) is 12.4 Å². The molecule has 0 aliphatic heterocycles. The lowest BCUT2D eigenvalue weighted by Gasteiger charge is -2.09. The number of nitriles is 1. The van der Waals surface area contributed by atoms with Crippen molar-refractivity contribution in [2.45, 2.75) is 25.7 Å². The van der Waals surface area contributed by atoms with Crippen molar-refractivity contribution >= 4 is 5.78 Å². The molecule has 0 aliphatic rings. The molecule has 2 aromatic rings. The number of nitrogens with zero attached hydrogens (tertiary/aromatic N) is 3. The van der Waals surface area contributed by atoms with Crippen LogP contribution in [0.15, 0.2) is 36.8 Å². The Bertz CT molecular complexity index is 647. The number of carbonyl (C=O) groups excluding carboxylic acids is 1. The van der Waals surface area contributed by atoms with Crippen molar-refractivity contribution in [1.29, 1.82) is 5.26 Å². The molecule has 1 unspecified atom stereocenters. The zero-order chi connectivity index (χ0) is 14.7. The summed E-state index contributed by atoms with van der Waals surface area (Å²) in [5.74, 6) is -0.632. The van der Waals surface area contributed by atoms with E-state index in [0.29, 0.717) is 17.2 Å². The average molecular weight is 267 g/mol. The van der Waals surface area contributed by atoms with E-state index in [2.05, 4.69) is 24.9 Å². The standard InChI is InChI=1S/C16H17N3O/c1-11(2)12-4-6-13(7-5-12)14(8-17)16(20)15-9-19(3)10-18-15/h4-7,9-11,14H,1-3H3. The quantitative estimate of drug-likeness (QED) is 0.800. The third-order valence-electron chi connectivity index (χ3n) is 3.29. The van der Waals surface area contributed by atoms with Crippen LogP contribution < -0.4 is 0 Å². The average Bonchev–Trinajstić information content (AvgIpc) is 2.86. The highest BCUT2D eigenvalue weighted by Gasteiger charge is 2.23. The van der Waals surface area contributed by atoms with E-state index in [9.17, 15) is 10.1 Å². The largest absolute Gasteiger partial charge is 0.340 e.